The number of oxazole rings is 1. The summed E-state index contributed by atoms with van der Waals surface area (Å²) >= 11 is 0. The molecule has 0 bridgehead atoms. The number of rotatable bonds is 5. The number of hydrogen-bond acceptors (Lipinski definition) is 5. The predicted octanol–water partition coefficient (Wildman–Crippen LogP) is 4.08. The normalized spacial score (nSPS) is 16.0. The third kappa shape index (κ3) is 4.59. The second kappa shape index (κ2) is 8.57. The number of benzene rings is 2. The lowest BCUT2D eigenvalue weighted by atomic mass is 10.1. The van der Waals surface area contributed by atoms with Crippen molar-refractivity contribution in [2.24, 2.45) is 0 Å². The van der Waals surface area contributed by atoms with Gasteiger partial charge in [0, 0.05) is 38.3 Å². The molecule has 7 heteroatoms. The van der Waals surface area contributed by atoms with Crippen LogP contribution in [0.1, 0.15) is 28.1 Å². The molecule has 1 saturated heterocycles. The molecule has 1 fully saturated rings. The van der Waals surface area contributed by atoms with Crippen molar-refractivity contribution >= 4 is 10.0 Å². The standard InChI is InChI=1S/C24H29N3O3S/c1-17-6-9-21(10-7-17)24-25-22(20(4)30-24)16-26-11-13-27(14-12-26)31(28,29)23-15-18(2)5-8-19(23)3/h5-10,15H,11-14,16H2,1-4H3. The van der Waals surface area contributed by atoms with Crippen molar-refractivity contribution in [2.75, 3.05) is 26.2 Å². The Morgan fingerprint density at radius 1 is 0.903 bits per heavy atom. The van der Waals surface area contributed by atoms with E-state index in [1.807, 2.05) is 57.2 Å². The summed E-state index contributed by atoms with van der Waals surface area (Å²) < 4.78 is 33.8. The zero-order valence-corrected chi connectivity index (χ0v) is 19.4. The van der Waals surface area contributed by atoms with Crippen molar-refractivity contribution in [2.45, 2.75) is 39.1 Å². The maximum absolute atomic E-state index is 13.1. The van der Waals surface area contributed by atoms with Crippen molar-refractivity contribution in [1.29, 1.82) is 0 Å². The van der Waals surface area contributed by atoms with Crippen LogP contribution in [0.15, 0.2) is 51.8 Å². The molecule has 0 radical (unpaired) electrons. The molecule has 0 saturated carbocycles. The Morgan fingerprint density at radius 2 is 1.55 bits per heavy atom. The SMILES string of the molecule is Cc1ccc(-c2nc(CN3CCN(S(=O)(=O)c4cc(C)ccc4C)CC3)c(C)o2)cc1. The van der Waals surface area contributed by atoms with E-state index in [2.05, 4.69) is 11.8 Å². The van der Waals surface area contributed by atoms with Gasteiger partial charge in [-0.2, -0.15) is 4.31 Å². The molecule has 0 amide bonds. The van der Waals surface area contributed by atoms with Crippen molar-refractivity contribution in [3.63, 3.8) is 0 Å². The topological polar surface area (TPSA) is 66.7 Å². The van der Waals surface area contributed by atoms with Crippen LogP contribution in [0, 0.1) is 27.7 Å². The summed E-state index contributed by atoms with van der Waals surface area (Å²) in [5.41, 5.74) is 4.80. The second-order valence-corrected chi connectivity index (χ2v) is 10.2. The quantitative estimate of drug-likeness (QED) is 0.599. The van der Waals surface area contributed by atoms with E-state index < -0.39 is 10.0 Å². The van der Waals surface area contributed by atoms with Gasteiger partial charge in [0.05, 0.1) is 10.6 Å². The average molecular weight is 440 g/mol. The molecule has 2 heterocycles. The van der Waals surface area contributed by atoms with Crippen LogP contribution in [0.4, 0.5) is 0 Å². The first-order valence-corrected chi connectivity index (χ1v) is 12.0. The summed E-state index contributed by atoms with van der Waals surface area (Å²) in [5.74, 6) is 1.43. The zero-order chi connectivity index (χ0) is 22.2. The Balaban J connectivity index is 1.43. The lowest BCUT2D eigenvalue weighted by molar-refractivity contribution is 0.179. The molecular weight excluding hydrogens is 410 g/mol. The Kier molecular flexibility index (Phi) is 6.01. The van der Waals surface area contributed by atoms with Gasteiger partial charge in [0.15, 0.2) is 0 Å². The molecule has 0 atom stereocenters. The van der Waals surface area contributed by atoms with Crippen molar-refractivity contribution in [3.05, 3.63) is 70.6 Å². The molecule has 0 unspecified atom stereocenters. The van der Waals surface area contributed by atoms with Gasteiger partial charge in [-0.1, -0.05) is 29.8 Å². The van der Waals surface area contributed by atoms with Gasteiger partial charge in [-0.3, -0.25) is 4.90 Å². The molecule has 1 aliphatic heterocycles. The van der Waals surface area contributed by atoms with Crippen LogP contribution >= 0.6 is 0 Å². The van der Waals surface area contributed by atoms with Gasteiger partial charge in [-0.25, -0.2) is 13.4 Å². The largest absolute Gasteiger partial charge is 0.441 e. The summed E-state index contributed by atoms with van der Waals surface area (Å²) in [6.45, 7) is 10.7. The minimum absolute atomic E-state index is 0.413. The van der Waals surface area contributed by atoms with Gasteiger partial charge < -0.3 is 4.42 Å². The third-order valence-corrected chi connectivity index (χ3v) is 7.90. The highest BCUT2D eigenvalue weighted by Gasteiger charge is 2.30. The molecular formula is C24H29N3O3S. The van der Waals surface area contributed by atoms with Crippen molar-refractivity contribution < 1.29 is 12.8 Å². The van der Waals surface area contributed by atoms with Gasteiger partial charge in [-0.05, 0) is 57.0 Å². The maximum atomic E-state index is 13.1. The first kappa shape index (κ1) is 21.7. The fourth-order valence-electron chi connectivity index (χ4n) is 3.86. The molecule has 3 aromatic rings. The zero-order valence-electron chi connectivity index (χ0n) is 18.6. The first-order valence-electron chi connectivity index (χ1n) is 10.6. The number of piperazine rings is 1. The molecule has 0 aliphatic carbocycles. The Labute approximate surface area is 184 Å². The summed E-state index contributed by atoms with van der Waals surface area (Å²) in [6.07, 6.45) is 0. The molecule has 164 valence electrons. The third-order valence-electron chi connectivity index (χ3n) is 5.86. The monoisotopic (exact) mass is 439 g/mol. The highest BCUT2D eigenvalue weighted by Crippen LogP contribution is 2.25. The van der Waals surface area contributed by atoms with Crippen LogP contribution in [-0.2, 0) is 16.6 Å². The van der Waals surface area contributed by atoms with Crippen LogP contribution in [0.5, 0.6) is 0 Å². The Bertz CT molecular complexity index is 1180. The van der Waals surface area contributed by atoms with Gasteiger partial charge in [0.25, 0.3) is 0 Å². The van der Waals surface area contributed by atoms with Crippen molar-refractivity contribution in [3.8, 4) is 11.5 Å². The smallest absolute Gasteiger partial charge is 0.243 e. The Morgan fingerprint density at radius 3 is 2.23 bits per heavy atom. The Hall–Kier alpha value is -2.48. The van der Waals surface area contributed by atoms with Gasteiger partial charge in [0.2, 0.25) is 15.9 Å². The van der Waals surface area contributed by atoms with Crippen LogP contribution in [-0.4, -0.2) is 48.8 Å². The highest BCUT2D eigenvalue weighted by atomic mass is 32.2. The fraction of sp³-hybridized carbons (Fsp3) is 0.375. The molecule has 31 heavy (non-hydrogen) atoms. The molecule has 0 spiro atoms. The lowest BCUT2D eigenvalue weighted by Gasteiger charge is -2.33. The van der Waals surface area contributed by atoms with E-state index in [1.54, 1.807) is 10.4 Å². The number of aromatic nitrogens is 1. The number of nitrogens with zero attached hydrogens (tertiary/aromatic N) is 3. The van der Waals surface area contributed by atoms with Gasteiger partial charge in [0.1, 0.15) is 5.76 Å². The minimum atomic E-state index is -3.48. The number of sulfonamides is 1. The van der Waals surface area contributed by atoms with E-state index in [9.17, 15) is 8.42 Å². The van der Waals surface area contributed by atoms with Crippen LogP contribution in [0.25, 0.3) is 11.5 Å². The average Bonchev–Trinajstić information content (AvgIpc) is 3.11. The van der Waals surface area contributed by atoms with Crippen LogP contribution in [0.2, 0.25) is 0 Å². The second-order valence-electron chi connectivity index (χ2n) is 8.34. The predicted molar refractivity (Wildman–Crippen MR) is 121 cm³/mol. The van der Waals surface area contributed by atoms with E-state index in [0.29, 0.717) is 43.5 Å². The molecule has 0 N–H and O–H groups in total. The molecule has 1 aliphatic rings. The molecule has 2 aromatic carbocycles. The van der Waals surface area contributed by atoms with Gasteiger partial charge in [-0.15, -0.1) is 0 Å². The number of hydrogen-bond donors (Lipinski definition) is 0. The highest BCUT2D eigenvalue weighted by molar-refractivity contribution is 7.89. The fourth-order valence-corrected chi connectivity index (χ4v) is 5.59. The van der Waals surface area contributed by atoms with Gasteiger partial charge >= 0.3 is 0 Å². The van der Waals surface area contributed by atoms with E-state index >= 15 is 0 Å². The summed E-state index contributed by atoms with van der Waals surface area (Å²) in [4.78, 5) is 7.35. The molecule has 4 rings (SSSR count). The minimum Gasteiger partial charge on any atom is -0.441 e. The van der Waals surface area contributed by atoms with E-state index in [1.165, 1.54) is 5.56 Å². The molecule has 1 aromatic heterocycles. The van der Waals surface area contributed by atoms with Crippen LogP contribution < -0.4 is 0 Å². The number of aryl methyl sites for hydroxylation is 4. The summed E-state index contributed by atoms with van der Waals surface area (Å²) in [5, 5.41) is 0. The summed E-state index contributed by atoms with van der Waals surface area (Å²) in [6, 6.07) is 13.7. The van der Waals surface area contributed by atoms with E-state index in [4.69, 9.17) is 9.40 Å². The summed E-state index contributed by atoms with van der Waals surface area (Å²) in [7, 11) is -3.48. The van der Waals surface area contributed by atoms with Crippen LogP contribution in [0.3, 0.4) is 0 Å². The molecule has 6 nitrogen and oxygen atoms in total. The lowest BCUT2D eigenvalue weighted by Crippen LogP contribution is -2.48. The van der Waals surface area contributed by atoms with Crippen molar-refractivity contribution in [1.82, 2.24) is 14.2 Å². The van der Waals surface area contributed by atoms with E-state index in [0.717, 1.165) is 28.1 Å². The van der Waals surface area contributed by atoms with E-state index in [-0.39, 0.29) is 0 Å². The first-order chi connectivity index (χ1) is 14.7. The maximum Gasteiger partial charge on any atom is 0.243 e.